The number of hydrogen-bond donors (Lipinski definition) is 2. The van der Waals surface area contributed by atoms with Crippen molar-refractivity contribution in [2.24, 2.45) is 4.99 Å². The van der Waals surface area contributed by atoms with Gasteiger partial charge in [-0.25, -0.2) is 0 Å². The fourth-order valence-corrected chi connectivity index (χ4v) is 3.86. The Hall–Kier alpha value is -1.11. The summed E-state index contributed by atoms with van der Waals surface area (Å²) in [7, 11) is 2.22. The first-order chi connectivity index (χ1) is 12.0. The van der Waals surface area contributed by atoms with E-state index in [2.05, 4.69) is 65.8 Å². The number of likely N-dealkylation sites (N-methyl/N-ethyl adjacent to an activating group) is 1. The van der Waals surface area contributed by atoms with Crippen LogP contribution in [0.2, 0.25) is 0 Å². The summed E-state index contributed by atoms with van der Waals surface area (Å²) >= 11 is 1.81. The molecule has 0 aliphatic carbocycles. The van der Waals surface area contributed by atoms with Crippen molar-refractivity contribution < 1.29 is 0 Å². The van der Waals surface area contributed by atoms with Crippen molar-refractivity contribution in [2.75, 3.05) is 59.4 Å². The Bertz CT molecular complexity index is 512. The molecule has 0 bridgehead atoms. The molecule has 1 aromatic heterocycles. The molecule has 1 aliphatic rings. The van der Waals surface area contributed by atoms with Gasteiger partial charge in [0, 0.05) is 43.0 Å². The fourth-order valence-electron chi connectivity index (χ4n) is 3.02. The van der Waals surface area contributed by atoms with Crippen LogP contribution < -0.4 is 10.6 Å². The third-order valence-electron chi connectivity index (χ3n) is 4.70. The van der Waals surface area contributed by atoms with Gasteiger partial charge >= 0.3 is 0 Å². The summed E-state index contributed by atoms with van der Waals surface area (Å²) in [6.45, 7) is 15.1. The monoisotopic (exact) mass is 365 g/mol. The molecule has 5 nitrogen and oxygen atoms in total. The average Bonchev–Trinajstić information content (AvgIpc) is 3.05. The minimum absolute atomic E-state index is 0.0753. The van der Waals surface area contributed by atoms with Gasteiger partial charge in [0.25, 0.3) is 0 Å². The lowest BCUT2D eigenvalue weighted by Gasteiger charge is -2.23. The van der Waals surface area contributed by atoms with E-state index in [4.69, 9.17) is 4.99 Å². The molecule has 25 heavy (non-hydrogen) atoms. The van der Waals surface area contributed by atoms with Gasteiger partial charge in [-0.1, -0.05) is 19.9 Å². The maximum absolute atomic E-state index is 4.83. The maximum Gasteiger partial charge on any atom is 0.191 e. The SMILES string of the molecule is CCNC(=NCC(C)(C)c1cccs1)NCCN1CCCN(C)CC1. The molecule has 2 heterocycles. The number of guanidine groups is 1. The Balaban J connectivity index is 1.81. The highest BCUT2D eigenvalue weighted by Crippen LogP contribution is 2.27. The van der Waals surface area contributed by atoms with Crippen LogP contribution in [0.25, 0.3) is 0 Å². The van der Waals surface area contributed by atoms with E-state index >= 15 is 0 Å². The second kappa shape index (κ2) is 10.1. The van der Waals surface area contributed by atoms with Crippen LogP contribution in [-0.4, -0.2) is 75.2 Å². The molecule has 142 valence electrons. The third kappa shape index (κ3) is 6.96. The van der Waals surface area contributed by atoms with Crippen molar-refractivity contribution in [2.45, 2.75) is 32.6 Å². The molecule has 6 heteroatoms. The summed E-state index contributed by atoms with van der Waals surface area (Å²) in [5.74, 6) is 0.930. The molecule has 1 aromatic rings. The Morgan fingerprint density at radius 3 is 2.80 bits per heavy atom. The molecule has 0 spiro atoms. The first kappa shape index (κ1) is 20.2. The van der Waals surface area contributed by atoms with E-state index in [1.165, 1.54) is 30.9 Å². The predicted molar refractivity (Wildman–Crippen MR) is 110 cm³/mol. The lowest BCUT2D eigenvalue weighted by atomic mass is 9.92. The molecular formula is C19H35N5S. The fraction of sp³-hybridized carbons (Fsp3) is 0.737. The zero-order valence-electron chi connectivity index (χ0n) is 16.3. The van der Waals surface area contributed by atoms with Gasteiger partial charge < -0.3 is 20.4 Å². The van der Waals surface area contributed by atoms with Crippen LogP contribution in [0.1, 0.15) is 32.1 Å². The number of aliphatic imine (C=N–C) groups is 1. The number of nitrogens with one attached hydrogen (secondary N) is 2. The number of rotatable bonds is 7. The van der Waals surface area contributed by atoms with Crippen LogP contribution in [-0.2, 0) is 5.41 Å². The zero-order valence-corrected chi connectivity index (χ0v) is 17.2. The summed E-state index contributed by atoms with van der Waals surface area (Å²) in [4.78, 5) is 11.2. The van der Waals surface area contributed by atoms with E-state index in [0.717, 1.165) is 38.7 Å². The lowest BCUT2D eigenvalue weighted by molar-refractivity contribution is 0.280. The van der Waals surface area contributed by atoms with E-state index in [0.29, 0.717) is 0 Å². The topological polar surface area (TPSA) is 42.9 Å². The van der Waals surface area contributed by atoms with E-state index in [-0.39, 0.29) is 5.41 Å². The van der Waals surface area contributed by atoms with Crippen LogP contribution in [0.3, 0.4) is 0 Å². The van der Waals surface area contributed by atoms with Crippen molar-refractivity contribution in [1.29, 1.82) is 0 Å². The summed E-state index contributed by atoms with van der Waals surface area (Å²) in [6.07, 6.45) is 1.26. The van der Waals surface area contributed by atoms with E-state index in [1.54, 1.807) is 0 Å². The highest BCUT2D eigenvalue weighted by molar-refractivity contribution is 7.10. The molecule has 2 N–H and O–H groups in total. The van der Waals surface area contributed by atoms with Gasteiger partial charge in [0.2, 0.25) is 0 Å². The maximum atomic E-state index is 4.83. The Kier molecular flexibility index (Phi) is 8.19. The Labute approximate surface area is 157 Å². The highest BCUT2D eigenvalue weighted by atomic mass is 32.1. The van der Waals surface area contributed by atoms with Gasteiger partial charge in [-0.15, -0.1) is 11.3 Å². The standard InChI is InChI=1S/C19H35N5S/c1-5-20-18(22-16-19(2,3)17-8-6-15-25-17)21-9-12-24-11-7-10-23(4)13-14-24/h6,8,15H,5,7,9-14,16H2,1-4H3,(H2,20,21,22). The predicted octanol–water partition coefficient (Wildman–Crippen LogP) is 2.22. The first-order valence-electron chi connectivity index (χ1n) is 9.48. The molecule has 1 aliphatic heterocycles. The molecule has 0 amide bonds. The quantitative estimate of drug-likeness (QED) is 0.574. The van der Waals surface area contributed by atoms with E-state index in [1.807, 2.05) is 11.3 Å². The molecular weight excluding hydrogens is 330 g/mol. The molecule has 1 fully saturated rings. The van der Waals surface area contributed by atoms with Crippen molar-refractivity contribution in [3.8, 4) is 0 Å². The second-order valence-corrected chi connectivity index (χ2v) is 8.43. The minimum atomic E-state index is 0.0753. The lowest BCUT2D eigenvalue weighted by Crippen LogP contribution is -2.42. The Morgan fingerprint density at radius 1 is 1.24 bits per heavy atom. The second-order valence-electron chi connectivity index (χ2n) is 7.48. The summed E-state index contributed by atoms with van der Waals surface area (Å²) in [5, 5.41) is 9.02. The summed E-state index contributed by atoms with van der Waals surface area (Å²) in [5.41, 5.74) is 0.0753. The Morgan fingerprint density at radius 2 is 2.08 bits per heavy atom. The summed E-state index contributed by atoms with van der Waals surface area (Å²) in [6, 6.07) is 4.32. The van der Waals surface area contributed by atoms with Crippen LogP contribution in [0.4, 0.5) is 0 Å². The average molecular weight is 366 g/mol. The van der Waals surface area contributed by atoms with E-state index < -0.39 is 0 Å². The highest BCUT2D eigenvalue weighted by Gasteiger charge is 2.21. The molecule has 0 saturated carbocycles. The third-order valence-corrected chi connectivity index (χ3v) is 5.93. The van der Waals surface area contributed by atoms with Gasteiger partial charge in [0.05, 0.1) is 6.54 Å². The molecule has 2 rings (SSSR count). The molecule has 1 saturated heterocycles. The molecule has 0 atom stereocenters. The molecule has 0 radical (unpaired) electrons. The van der Waals surface area contributed by atoms with Crippen LogP contribution >= 0.6 is 11.3 Å². The van der Waals surface area contributed by atoms with Crippen LogP contribution in [0.5, 0.6) is 0 Å². The number of nitrogens with zero attached hydrogens (tertiary/aromatic N) is 3. The number of hydrogen-bond acceptors (Lipinski definition) is 4. The van der Waals surface area contributed by atoms with Crippen molar-refractivity contribution in [3.63, 3.8) is 0 Å². The zero-order chi connectivity index (χ0) is 18.1. The minimum Gasteiger partial charge on any atom is -0.357 e. The van der Waals surface area contributed by atoms with Gasteiger partial charge in [0.15, 0.2) is 5.96 Å². The van der Waals surface area contributed by atoms with Crippen LogP contribution in [0, 0.1) is 0 Å². The van der Waals surface area contributed by atoms with Crippen LogP contribution in [0.15, 0.2) is 22.5 Å². The smallest absolute Gasteiger partial charge is 0.191 e. The van der Waals surface area contributed by atoms with E-state index in [9.17, 15) is 0 Å². The normalized spacial score (nSPS) is 18.2. The molecule has 0 aromatic carbocycles. The molecule has 0 unspecified atom stereocenters. The largest absolute Gasteiger partial charge is 0.357 e. The van der Waals surface area contributed by atoms with Gasteiger partial charge in [-0.3, -0.25) is 4.99 Å². The number of thiophene rings is 1. The van der Waals surface area contributed by atoms with Gasteiger partial charge in [0.1, 0.15) is 0 Å². The summed E-state index contributed by atoms with van der Waals surface area (Å²) < 4.78 is 0. The van der Waals surface area contributed by atoms with Crippen molar-refractivity contribution in [1.82, 2.24) is 20.4 Å². The first-order valence-corrected chi connectivity index (χ1v) is 10.4. The van der Waals surface area contributed by atoms with Gasteiger partial charge in [-0.2, -0.15) is 0 Å². The van der Waals surface area contributed by atoms with Gasteiger partial charge in [-0.05, 0) is 44.9 Å². The van der Waals surface area contributed by atoms with Crippen molar-refractivity contribution >= 4 is 17.3 Å². The van der Waals surface area contributed by atoms with Crippen molar-refractivity contribution in [3.05, 3.63) is 22.4 Å².